The molecule has 1 unspecified atom stereocenters. The third-order valence-corrected chi connectivity index (χ3v) is 6.69. The molecule has 0 spiro atoms. The highest BCUT2D eigenvalue weighted by molar-refractivity contribution is 7.92. The molecule has 0 saturated carbocycles. The minimum Gasteiger partial charge on any atom is -0.412 e. The summed E-state index contributed by atoms with van der Waals surface area (Å²) < 4.78 is 36.3. The largest absolute Gasteiger partial charge is 0.412 e. The van der Waals surface area contributed by atoms with Gasteiger partial charge in [0.05, 0.1) is 12.1 Å². The SMILES string of the molecule is CC.CCc1ccc(C2C[C@H](C[C@](C)(C(N)=O)S(C)(=O)=O)ON2)c(F)c1.O.[HH]. The molecule has 1 fully saturated rings. The first-order chi connectivity index (χ1) is 12.1. The number of rotatable bonds is 6. The standard InChI is InChI=1S/C16H23FN2O4S.C2H6.H2O.H2/c1-4-10-5-6-12(13(17)7-10)14-8-11(23-19-14)9-16(2,15(18)20)24(3,21)22;1-2;;/h5-7,11,14,19H,4,8-9H2,1-3H3,(H2,18,20);1-2H3;1H2;1H/t11-,14?,16-;;;/m1.../s1. The molecule has 158 valence electrons. The Morgan fingerprint density at radius 3 is 2.48 bits per heavy atom. The van der Waals surface area contributed by atoms with Gasteiger partial charge in [0.25, 0.3) is 0 Å². The summed E-state index contributed by atoms with van der Waals surface area (Å²) in [5, 5.41) is 0. The minimum absolute atomic E-state index is 0. The van der Waals surface area contributed by atoms with E-state index >= 15 is 0 Å². The monoisotopic (exact) mass is 408 g/mol. The molecular formula is C18H33FN2O5S. The van der Waals surface area contributed by atoms with Gasteiger partial charge in [-0.2, -0.15) is 5.48 Å². The lowest BCUT2D eigenvalue weighted by molar-refractivity contribution is -0.121. The summed E-state index contributed by atoms with van der Waals surface area (Å²) in [4.78, 5) is 17.0. The molecule has 1 amide bonds. The molecule has 1 heterocycles. The molecule has 7 nitrogen and oxygen atoms in total. The van der Waals surface area contributed by atoms with E-state index in [4.69, 9.17) is 10.6 Å². The molecule has 27 heavy (non-hydrogen) atoms. The zero-order valence-corrected chi connectivity index (χ0v) is 17.3. The number of carbonyl (C=O) groups is 1. The summed E-state index contributed by atoms with van der Waals surface area (Å²) in [6.45, 7) is 7.23. The smallest absolute Gasteiger partial charge is 0.238 e. The van der Waals surface area contributed by atoms with E-state index in [0.29, 0.717) is 12.0 Å². The second kappa shape index (κ2) is 10.1. The average Bonchev–Trinajstić information content (AvgIpc) is 3.03. The van der Waals surface area contributed by atoms with Crippen LogP contribution in [0.3, 0.4) is 0 Å². The van der Waals surface area contributed by atoms with E-state index < -0.39 is 32.6 Å². The first kappa shape index (κ1) is 25.4. The van der Waals surface area contributed by atoms with E-state index in [2.05, 4.69) is 5.48 Å². The highest BCUT2D eigenvalue weighted by atomic mass is 32.2. The molecule has 5 N–H and O–H groups in total. The lowest BCUT2D eigenvalue weighted by Gasteiger charge is -2.26. The molecule has 1 aliphatic heterocycles. The summed E-state index contributed by atoms with van der Waals surface area (Å²) in [7, 11) is -3.71. The van der Waals surface area contributed by atoms with Crippen LogP contribution < -0.4 is 11.2 Å². The van der Waals surface area contributed by atoms with Gasteiger partial charge in [-0.15, -0.1) is 0 Å². The van der Waals surface area contributed by atoms with Gasteiger partial charge in [0, 0.05) is 19.7 Å². The molecule has 9 heteroatoms. The van der Waals surface area contributed by atoms with Crippen LogP contribution in [0.2, 0.25) is 0 Å². The van der Waals surface area contributed by atoms with Crippen LogP contribution in [0.25, 0.3) is 0 Å². The Hall–Kier alpha value is -1.55. The van der Waals surface area contributed by atoms with Gasteiger partial charge in [0.2, 0.25) is 5.91 Å². The Labute approximate surface area is 162 Å². The fourth-order valence-corrected chi connectivity index (χ4v) is 3.65. The second-order valence-corrected chi connectivity index (χ2v) is 8.87. The number of primary amides is 1. The van der Waals surface area contributed by atoms with E-state index in [1.165, 1.54) is 13.0 Å². The fourth-order valence-electron chi connectivity index (χ4n) is 2.80. The lowest BCUT2D eigenvalue weighted by atomic mass is 9.94. The van der Waals surface area contributed by atoms with Crippen LogP contribution in [0, 0.1) is 5.82 Å². The van der Waals surface area contributed by atoms with Gasteiger partial charge in [0.1, 0.15) is 10.6 Å². The van der Waals surface area contributed by atoms with Crippen LogP contribution in [-0.2, 0) is 25.9 Å². The van der Waals surface area contributed by atoms with Crippen molar-refractivity contribution in [3.05, 3.63) is 35.1 Å². The molecule has 1 saturated heterocycles. The fraction of sp³-hybridized carbons (Fsp3) is 0.611. The van der Waals surface area contributed by atoms with E-state index in [9.17, 15) is 17.6 Å². The van der Waals surface area contributed by atoms with Crippen LogP contribution in [0.15, 0.2) is 18.2 Å². The van der Waals surface area contributed by atoms with Crippen LogP contribution >= 0.6 is 0 Å². The number of sulfone groups is 1. The zero-order valence-electron chi connectivity index (χ0n) is 16.5. The quantitative estimate of drug-likeness (QED) is 0.742. The number of carbonyl (C=O) groups excluding carboxylic acids is 1. The third-order valence-electron chi connectivity index (χ3n) is 4.68. The van der Waals surface area contributed by atoms with Crippen LogP contribution in [-0.4, -0.2) is 36.9 Å². The molecule has 3 atom stereocenters. The minimum atomic E-state index is -3.71. The van der Waals surface area contributed by atoms with E-state index in [1.807, 2.05) is 26.8 Å². The Morgan fingerprint density at radius 1 is 1.44 bits per heavy atom. The first-order valence-electron chi connectivity index (χ1n) is 8.77. The normalized spacial score (nSPS) is 21.4. The van der Waals surface area contributed by atoms with E-state index in [-0.39, 0.29) is 19.1 Å². The topological polar surface area (TPSA) is 130 Å². The highest BCUT2D eigenvalue weighted by Crippen LogP contribution is 2.33. The van der Waals surface area contributed by atoms with Crippen molar-refractivity contribution in [3.8, 4) is 0 Å². The summed E-state index contributed by atoms with van der Waals surface area (Å²) in [5.41, 5.74) is 9.36. The zero-order chi connectivity index (χ0) is 20.1. The number of hydroxylamine groups is 1. The summed E-state index contributed by atoms with van der Waals surface area (Å²) in [5.74, 6) is -1.26. The predicted octanol–water partition coefficient (Wildman–Crippen LogP) is 1.85. The van der Waals surface area contributed by atoms with Crippen LogP contribution in [0.5, 0.6) is 0 Å². The number of hydrogen-bond acceptors (Lipinski definition) is 5. The summed E-state index contributed by atoms with van der Waals surface area (Å²) in [6.07, 6.45) is 1.41. The van der Waals surface area contributed by atoms with Crippen molar-refractivity contribution in [2.75, 3.05) is 6.26 Å². The van der Waals surface area contributed by atoms with Crippen LogP contribution in [0.4, 0.5) is 4.39 Å². The second-order valence-electron chi connectivity index (χ2n) is 6.43. The van der Waals surface area contributed by atoms with Crippen LogP contribution in [0.1, 0.15) is 59.1 Å². The number of nitrogens with two attached hydrogens (primary N) is 1. The maximum atomic E-state index is 14.2. The van der Waals surface area contributed by atoms with Crippen molar-refractivity contribution in [1.29, 1.82) is 0 Å². The molecule has 2 rings (SSSR count). The molecular weight excluding hydrogens is 375 g/mol. The highest BCUT2D eigenvalue weighted by Gasteiger charge is 2.46. The number of nitrogens with one attached hydrogen (secondary N) is 1. The van der Waals surface area contributed by atoms with Crippen molar-refractivity contribution in [1.82, 2.24) is 5.48 Å². The Kier molecular flexibility index (Phi) is 9.54. The summed E-state index contributed by atoms with van der Waals surface area (Å²) in [6, 6.07) is 4.62. The maximum absolute atomic E-state index is 14.2. The molecule has 1 aliphatic rings. The Bertz CT molecular complexity index is 747. The van der Waals surface area contributed by atoms with Crippen molar-refractivity contribution < 1.29 is 29.3 Å². The number of halogens is 1. The predicted molar refractivity (Wildman–Crippen MR) is 105 cm³/mol. The average molecular weight is 409 g/mol. The molecule has 0 aromatic heterocycles. The first-order valence-corrected chi connectivity index (χ1v) is 10.7. The van der Waals surface area contributed by atoms with Gasteiger partial charge in [0.15, 0.2) is 9.84 Å². The maximum Gasteiger partial charge on any atom is 0.238 e. The van der Waals surface area contributed by atoms with Crippen molar-refractivity contribution in [3.63, 3.8) is 0 Å². The van der Waals surface area contributed by atoms with Gasteiger partial charge < -0.3 is 11.2 Å². The molecule has 1 aromatic carbocycles. The van der Waals surface area contributed by atoms with Gasteiger partial charge in [-0.3, -0.25) is 9.63 Å². The van der Waals surface area contributed by atoms with Gasteiger partial charge >= 0.3 is 0 Å². The Morgan fingerprint density at radius 2 is 2.04 bits per heavy atom. The molecule has 0 aliphatic carbocycles. The van der Waals surface area contributed by atoms with E-state index in [0.717, 1.165) is 18.2 Å². The van der Waals surface area contributed by atoms with Gasteiger partial charge in [-0.1, -0.05) is 32.9 Å². The summed E-state index contributed by atoms with van der Waals surface area (Å²) >= 11 is 0. The molecule has 0 radical (unpaired) electrons. The third kappa shape index (κ3) is 5.71. The number of aryl methyl sites for hydroxylation is 1. The molecule has 1 aromatic rings. The van der Waals surface area contributed by atoms with E-state index in [1.54, 1.807) is 6.07 Å². The Balaban J connectivity index is 0. The number of benzene rings is 1. The van der Waals surface area contributed by atoms with Gasteiger partial charge in [-0.25, -0.2) is 12.8 Å². The van der Waals surface area contributed by atoms with Crippen molar-refractivity contribution in [2.24, 2.45) is 5.73 Å². The number of hydrogen-bond donors (Lipinski definition) is 2. The van der Waals surface area contributed by atoms with Crippen molar-refractivity contribution in [2.45, 2.75) is 63.9 Å². The molecule has 0 bridgehead atoms. The number of amides is 1. The van der Waals surface area contributed by atoms with Crippen molar-refractivity contribution >= 4 is 15.7 Å². The lowest BCUT2D eigenvalue weighted by Crippen LogP contribution is -2.49. The van der Waals surface area contributed by atoms with Gasteiger partial charge in [-0.05, 0) is 31.4 Å².